The molecule has 35 heavy (non-hydrogen) atoms. The molecule has 2 aromatic carbocycles. The Labute approximate surface area is 202 Å². The molecule has 1 saturated carbocycles. The maximum Gasteiger partial charge on any atom is 0.341 e. The largest absolute Gasteiger partial charge is 0.437 e. The zero-order chi connectivity index (χ0) is 24.2. The SMILES string of the molecule is NC(=O)C1(OC(=O)c2ccc3nc(-c4ccc(C5(N)CCC5)cc4)c(-c4ccccc4)n3c2)C=C1. The van der Waals surface area contributed by atoms with Gasteiger partial charge in [0, 0.05) is 22.9 Å². The lowest BCUT2D eigenvalue weighted by atomic mass is 9.72. The molecule has 174 valence electrons. The molecule has 1 amide bonds. The topological polar surface area (TPSA) is 113 Å². The zero-order valence-electron chi connectivity index (χ0n) is 19.0. The van der Waals surface area contributed by atoms with E-state index in [-0.39, 0.29) is 5.54 Å². The van der Waals surface area contributed by atoms with Gasteiger partial charge in [-0.2, -0.15) is 0 Å². The summed E-state index contributed by atoms with van der Waals surface area (Å²) in [6, 6.07) is 21.6. The van der Waals surface area contributed by atoms with Crippen molar-refractivity contribution in [3.63, 3.8) is 0 Å². The maximum absolute atomic E-state index is 12.8. The van der Waals surface area contributed by atoms with Gasteiger partial charge >= 0.3 is 5.97 Å². The van der Waals surface area contributed by atoms with Crippen LogP contribution in [0.5, 0.6) is 0 Å². The molecular weight excluding hydrogens is 440 g/mol. The molecule has 1 fully saturated rings. The summed E-state index contributed by atoms with van der Waals surface area (Å²) in [7, 11) is 0. The highest BCUT2D eigenvalue weighted by molar-refractivity contribution is 5.99. The van der Waals surface area contributed by atoms with E-state index in [1.165, 1.54) is 12.2 Å². The summed E-state index contributed by atoms with van der Waals surface area (Å²) >= 11 is 0. The van der Waals surface area contributed by atoms with Crippen LogP contribution in [0.4, 0.5) is 0 Å². The minimum atomic E-state index is -1.42. The normalized spacial score (nSPS) is 17.1. The highest BCUT2D eigenvalue weighted by Gasteiger charge is 2.45. The van der Waals surface area contributed by atoms with Crippen molar-refractivity contribution in [3.05, 3.63) is 96.2 Å². The minimum Gasteiger partial charge on any atom is -0.437 e. The molecule has 7 nitrogen and oxygen atoms in total. The number of rotatable bonds is 6. The molecule has 4 aromatic rings. The predicted octanol–water partition coefficient (Wildman–Crippen LogP) is 3.96. The highest BCUT2D eigenvalue weighted by Crippen LogP contribution is 2.40. The third kappa shape index (κ3) is 3.52. The number of primary amides is 1. The highest BCUT2D eigenvalue weighted by atomic mass is 16.6. The molecule has 6 rings (SSSR count). The van der Waals surface area contributed by atoms with Gasteiger partial charge in [0.25, 0.3) is 5.91 Å². The van der Waals surface area contributed by atoms with Crippen molar-refractivity contribution >= 4 is 17.5 Å². The Hall–Kier alpha value is -4.23. The van der Waals surface area contributed by atoms with E-state index in [1.54, 1.807) is 18.3 Å². The van der Waals surface area contributed by atoms with E-state index in [4.69, 9.17) is 21.2 Å². The van der Waals surface area contributed by atoms with Crippen molar-refractivity contribution in [3.8, 4) is 22.5 Å². The van der Waals surface area contributed by atoms with Crippen molar-refractivity contribution in [1.29, 1.82) is 0 Å². The minimum absolute atomic E-state index is 0.229. The molecule has 2 aliphatic carbocycles. The number of pyridine rings is 1. The van der Waals surface area contributed by atoms with Crippen LogP contribution < -0.4 is 11.5 Å². The fraction of sp³-hybridized carbons (Fsp3) is 0.179. The van der Waals surface area contributed by atoms with E-state index in [1.807, 2.05) is 34.7 Å². The van der Waals surface area contributed by atoms with Crippen LogP contribution in [-0.2, 0) is 15.1 Å². The van der Waals surface area contributed by atoms with E-state index in [0.29, 0.717) is 11.2 Å². The van der Waals surface area contributed by atoms with Crippen molar-refractivity contribution < 1.29 is 14.3 Å². The first-order valence-electron chi connectivity index (χ1n) is 11.6. The summed E-state index contributed by atoms with van der Waals surface area (Å²) in [6.45, 7) is 0. The monoisotopic (exact) mass is 464 g/mol. The van der Waals surface area contributed by atoms with Crippen molar-refractivity contribution in [2.24, 2.45) is 11.5 Å². The van der Waals surface area contributed by atoms with Gasteiger partial charge in [-0.15, -0.1) is 0 Å². The lowest BCUT2D eigenvalue weighted by molar-refractivity contribution is -0.127. The quantitative estimate of drug-likeness (QED) is 0.331. The molecule has 0 radical (unpaired) electrons. The summed E-state index contributed by atoms with van der Waals surface area (Å²) in [6.07, 6.45) is 7.78. The van der Waals surface area contributed by atoms with Crippen molar-refractivity contribution in [2.75, 3.05) is 0 Å². The average molecular weight is 465 g/mol. The van der Waals surface area contributed by atoms with Gasteiger partial charge in [0.2, 0.25) is 5.60 Å². The van der Waals surface area contributed by atoms with Crippen molar-refractivity contribution in [2.45, 2.75) is 30.4 Å². The Balaban J connectivity index is 1.44. The molecule has 0 saturated heterocycles. The molecule has 0 bridgehead atoms. The van der Waals surface area contributed by atoms with E-state index >= 15 is 0 Å². The van der Waals surface area contributed by atoms with Crippen LogP contribution >= 0.6 is 0 Å². The van der Waals surface area contributed by atoms with Crippen LogP contribution in [0.25, 0.3) is 28.2 Å². The molecule has 0 aliphatic heterocycles. The number of carbonyl (C=O) groups excluding carboxylic acids is 2. The summed E-state index contributed by atoms with van der Waals surface area (Å²) in [5.41, 5.74) is 15.9. The number of aromatic nitrogens is 2. The standard InChI is InChI=1S/C28H24N4O3/c29-26(34)28(15-16-28)35-25(33)20-9-12-22-31-23(24(32(22)17-20)19-5-2-1-3-6-19)18-7-10-21(11-8-18)27(30)13-4-14-27/h1-3,5-12,15-17H,4,13-14,30H2,(H2,29,34). The van der Waals surface area contributed by atoms with Crippen LogP contribution in [0.15, 0.2) is 85.1 Å². The number of hydrogen-bond donors (Lipinski definition) is 2. The van der Waals surface area contributed by atoms with Crippen LogP contribution in [0.2, 0.25) is 0 Å². The van der Waals surface area contributed by atoms with Gasteiger partial charge in [-0.05, 0) is 49.1 Å². The van der Waals surface area contributed by atoms with E-state index in [0.717, 1.165) is 47.3 Å². The van der Waals surface area contributed by atoms with Gasteiger partial charge in [-0.3, -0.25) is 9.20 Å². The molecule has 0 spiro atoms. The van der Waals surface area contributed by atoms with Gasteiger partial charge in [-0.25, -0.2) is 9.78 Å². The Morgan fingerprint density at radius 1 is 0.914 bits per heavy atom. The average Bonchev–Trinajstić information content (AvgIpc) is 3.54. The number of imidazole rings is 1. The fourth-order valence-corrected chi connectivity index (χ4v) is 4.62. The first-order chi connectivity index (χ1) is 16.9. The third-order valence-electron chi connectivity index (χ3n) is 7.00. The van der Waals surface area contributed by atoms with Gasteiger partial charge in [0.1, 0.15) is 5.65 Å². The second-order valence-corrected chi connectivity index (χ2v) is 9.29. The van der Waals surface area contributed by atoms with E-state index in [9.17, 15) is 9.59 Å². The van der Waals surface area contributed by atoms with Gasteiger partial charge in [-0.1, -0.05) is 54.6 Å². The lowest BCUT2D eigenvalue weighted by Crippen LogP contribution is -2.43. The number of nitrogens with two attached hydrogens (primary N) is 2. The molecule has 0 atom stereocenters. The van der Waals surface area contributed by atoms with Gasteiger partial charge < -0.3 is 16.2 Å². The van der Waals surface area contributed by atoms with Crippen LogP contribution in [0, 0.1) is 0 Å². The molecule has 2 aromatic heterocycles. The smallest absolute Gasteiger partial charge is 0.341 e. The van der Waals surface area contributed by atoms with Crippen LogP contribution in [0.3, 0.4) is 0 Å². The number of carbonyl (C=O) groups is 2. The van der Waals surface area contributed by atoms with Crippen LogP contribution in [0.1, 0.15) is 35.2 Å². The lowest BCUT2D eigenvalue weighted by Gasteiger charge is -2.38. The number of esters is 1. The number of nitrogens with zero attached hydrogens (tertiary/aromatic N) is 2. The fourth-order valence-electron chi connectivity index (χ4n) is 4.62. The molecule has 4 N–H and O–H groups in total. The number of hydrogen-bond acceptors (Lipinski definition) is 5. The first-order valence-corrected chi connectivity index (χ1v) is 11.6. The molecule has 0 unspecified atom stereocenters. The summed E-state index contributed by atoms with van der Waals surface area (Å²) in [5.74, 6) is -1.35. The number of amides is 1. The molecular formula is C28H24N4O3. The summed E-state index contributed by atoms with van der Waals surface area (Å²) in [5, 5.41) is 0. The Bertz CT molecular complexity index is 1490. The number of fused-ring (bicyclic) bond motifs is 1. The first kappa shape index (κ1) is 21.3. The maximum atomic E-state index is 12.8. The Morgan fingerprint density at radius 2 is 1.63 bits per heavy atom. The Kier molecular flexibility index (Phi) is 4.66. The third-order valence-corrected chi connectivity index (χ3v) is 7.00. The predicted molar refractivity (Wildman–Crippen MR) is 132 cm³/mol. The second-order valence-electron chi connectivity index (χ2n) is 9.29. The Morgan fingerprint density at radius 3 is 2.23 bits per heavy atom. The van der Waals surface area contributed by atoms with E-state index in [2.05, 4.69) is 24.3 Å². The van der Waals surface area contributed by atoms with Gasteiger partial charge in [0.15, 0.2) is 0 Å². The second kappa shape index (κ2) is 7.65. The molecule has 2 heterocycles. The van der Waals surface area contributed by atoms with Crippen molar-refractivity contribution in [1.82, 2.24) is 9.38 Å². The zero-order valence-corrected chi connectivity index (χ0v) is 19.0. The molecule has 7 heteroatoms. The van der Waals surface area contributed by atoms with E-state index < -0.39 is 17.5 Å². The number of benzene rings is 2. The summed E-state index contributed by atoms with van der Waals surface area (Å²) < 4.78 is 7.25. The van der Waals surface area contributed by atoms with Crippen LogP contribution in [-0.4, -0.2) is 26.9 Å². The molecule has 2 aliphatic rings. The summed E-state index contributed by atoms with van der Waals surface area (Å²) in [4.78, 5) is 29.3. The van der Waals surface area contributed by atoms with Gasteiger partial charge in [0.05, 0.1) is 17.0 Å². The number of ether oxygens (including phenoxy) is 1.